The number of esters is 1. The highest BCUT2D eigenvalue weighted by Crippen LogP contribution is 2.13. The molecule has 0 saturated carbocycles. The van der Waals surface area contributed by atoms with Gasteiger partial charge in [0, 0.05) is 6.04 Å². The molecule has 0 saturated heterocycles. The lowest BCUT2D eigenvalue weighted by Gasteiger charge is -2.10. The maximum absolute atomic E-state index is 11.4. The highest BCUT2D eigenvalue weighted by molar-refractivity contribution is 7.07. The molecule has 2 aromatic heterocycles. The molecule has 2 aromatic rings. The Morgan fingerprint density at radius 2 is 2.47 bits per heavy atom. The van der Waals surface area contributed by atoms with Crippen molar-refractivity contribution in [3.63, 3.8) is 0 Å². The van der Waals surface area contributed by atoms with Crippen LogP contribution < -0.4 is 5.32 Å². The minimum atomic E-state index is -0.468. The summed E-state index contributed by atoms with van der Waals surface area (Å²) in [5, 5.41) is 7.27. The molecule has 1 N–H and O–H groups in total. The maximum atomic E-state index is 11.4. The summed E-state index contributed by atoms with van der Waals surface area (Å²) in [5.41, 5.74) is 1.45. The SMILES string of the molecule is CCOC(=O)c1coc(NC(C)Cc2ccsc2)n1. The quantitative estimate of drug-likeness (QED) is 0.824. The molecule has 0 bridgehead atoms. The summed E-state index contributed by atoms with van der Waals surface area (Å²) in [6, 6.07) is 2.59. The van der Waals surface area contributed by atoms with E-state index in [-0.39, 0.29) is 11.7 Å². The van der Waals surface area contributed by atoms with Gasteiger partial charge in [-0.15, -0.1) is 0 Å². The predicted octanol–water partition coefficient (Wildman–Crippen LogP) is 2.96. The fraction of sp³-hybridized carbons (Fsp3) is 0.385. The number of anilines is 1. The summed E-state index contributed by atoms with van der Waals surface area (Å²) >= 11 is 1.67. The van der Waals surface area contributed by atoms with Crippen molar-refractivity contribution < 1.29 is 13.9 Å². The van der Waals surface area contributed by atoms with E-state index in [4.69, 9.17) is 9.15 Å². The Kier molecular flexibility index (Phi) is 4.57. The molecule has 6 heteroatoms. The molecule has 102 valence electrons. The van der Waals surface area contributed by atoms with Gasteiger partial charge in [0.2, 0.25) is 0 Å². The van der Waals surface area contributed by atoms with E-state index in [2.05, 4.69) is 21.7 Å². The zero-order chi connectivity index (χ0) is 13.7. The lowest BCUT2D eigenvalue weighted by atomic mass is 10.1. The van der Waals surface area contributed by atoms with E-state index in [1.165, 1.54) is 11.8 Å². The normalized spacial score (nSPS) is 12.1. The molecular weight excluding hydrogens is 264 g/mol. The first-order valence-electron chi connectivity index (χ1n) is 6.09. The predicted molar refractivity (Wildman–Crippen MR) is 73.6 cm³/mol. The molecule has 1 unspecified atom stereocenters. The fourth-order valence-electron chi connectivity index (χ4n) is 1.66. The first-order chi connectivity index (χ1) is 9.19. The van der Waals surface area contributed by atoms with Crippen LogP contribution >= 0.6 is 11.3 Å². The number of hydrogen-bond acceptors (Lipinski definition) is 6. The Hall–Kier alpha value is -1.82. The van der Waals surface area contributed by atoms with E-state index in [1.54, 1.807) is 18.3 Å². The first kappa shape index (κ1) is 13.6. The average Bonchev–Trinajstić information content (AvgIpc) is 3.00. The van der Waals surface area contributed by atoms with Gasteiger partial charge in [0.1, 0.15) is 6.26 Å². The van der Waals surface area contributed by atoms with Crippen LogP contribution in [0.1, 0.15) is 29.9 Å². The van der Waals surface area contributed by atoms with Gasteiger partial charge in [0.05, 0.1) is 6.61 Å². The van der Waals surface area contributed by atoms with Crippen LogP contribution in [0.25, 0.3) is 0 Å². The summed E-state index contributed by atoms with van der Waals surface area (Å²) < 4.78 is 10.0. The minimum absolute atomic E-state index is 0.170. The van der Waals surface area contributed by atoms with Crippen LogP contribution in [-0.2, 0) is 11.2 Å². The van der Waals surface area contributed by atoms with Gasteiger partial charge in [-0.3, -0.25) is 0 Å². The Morgan fingerprint density at radius 3 is 3.16 bits per heavy atom. The number of rotatable bonds is 6. The van der Waals surface area contributed by atoms with Gasteiger partial charge in [0.25, 0.3) is 6.01 Å². The van der Waals surface area contributed by atoms with Crippen molar-refractivity contribution >= 4 is 23.3 Å². The summed E-state index contributed by atoms with van der Waals surface area (Å²) in [6.45, 7) is 4.11. The molecule has 2 heterocycles. The van der Waals surface area contributed by atoms with Crippen molar-refractivity contribution in [1.29, 1.82) is 0 Å². The smallest absolute Gasteiger partial charge is 0.360 e. The third-order valence-electron chi connectivity index (χ3n) is 2.48. The molecule has 5 nitrogen and oxygen atoms in total. The van der Waals surface area contributed by atoms with Crippen LogP contribution in [0.4, 0.5) is 6.01 Å². The molecule has 0 aliphatic heterocycles. The second-order valence-electron chi connectivity index (χ2n) is 4.14. The lowest BCUT2D eigenvalue weighted by Crippen LogP contribution is -2.18. The van der Waals surface area contributed by atoms with Crippen molar-refractivity contribution in [2.45, 2.75) is 26.3 Å². The van der Waals surface area contributed by atoms with Crippen LogP contribution in [0.3, 0.4) is 0 Å². The molecule has 2 rings (SSSR count). The number of aromatic nitrogens is 1. The lowest BCUT2D eigenvalue weighted by molar-refractivity contribution is 0.0519. The zero-order valence-corrected chi connectivity index (χ0v) is 11.7. The van der Waals surface area contributed by atoms with Gasteiger partial charge in [-0.05, 0) is 42.7 Å². The Balaban J connectivity index is 1.90. The number of nitrogens with zero attached hydrogens (tertiary/aromatic N) is 1. The molecule has 0 amide bonds. The average molecular weight is 280 g/mol. The summed E-state index contributed by atoms with van der Waals surface area (Å²) in [6.07, 6.45) is 2.18. The number of oxazole rings is 1. The Bertz CT molecular complexity index is 522. The molecule has 0 fully saturated rings. The van der Waals surface area contributed by atoms with Crippen molar-refractivity contribution in [2.24, 2.45) is 0 Å². The number of ether oxygens (including phenoxy) is 1. The van der Waals surface area contributed by atoms with Crippen molar-refractivity contribution in [3.05, 3.63) is 34.3 Å². The standard InChI is InChI=1S/C13H16N2O3S/c1-3-17-12(16)11-7-18-13(15-11)14-9(2)6-10-4-5-19-8-10/h4-5,7-9H,3,6H2,1-2H3,(H,14,15). The number of hydrogen-bond donors (Lipinski definition) is 1. The molecular formula is C13H16N2O3S. The van der Waals surface area contributed by atoms with Crippen LogP contribution in [0.5, 0.6) is 0 Å². The van der Waals surface area contributed by atoms with Gasteiger partial charge in [0.15, 0.2) is 5.69 Å². The van der Waals surface area contributed by atoms with Crippen LogP contribution in [-0.4, -0.2) is 23.6 Å². The van der Waals surface area contributed by atoms with Gasteiger partial charge in [-0.25, -0.2) is 4.79 Å². The topological polar surface area (TPSA) is 64.4 Å². The van der Waals surface area contributed by atoms with Gasteiger partial charge in [-0.1, -0.05) is 0 Å². The maximum Gasteiger partial charge on any atom is 0.360 e. The van der Waals surface area contributed by atoms with E-state index >= 15 is 0 Å². The second kappa shape index (κ2) is 6.38. The Labute approximate surface area is 115 Å². The molecule has 0 radical (unpaired) electrons. The van der Waals surface area contributed by atoms with Gasteiger partial charge in [-0.2, -0.15) is 16.3 Å². The second-order valence-corrected chi connectivity index (χ2v) is 4.92. The number of carbonyl (C=O) groups excluding carboxylic acids is 1. The van der Waals surface area contributed by atoms with Gasteiger partial charge < -0.3 is 14.5 Å². The number of carbonyl (C=O) groups is 1. The van der Waals surface area contributed by atoms with Crippen LogP contribution in [0.15, 0.2) is 27.5 Å². The molecule has 19 heavy (non-hydrogen) atoms. The van der Waals surface area contributed by atoms with E-state index < -0.39 is 5.97 Å². The van der Waals surface area contributed by atoms with Crippen molar-refractivity contribution in [3.8, 4) is 0 Å². The van der Waals surface area contributed by atoms with E-state index in [1.807, 2.05) is 12.3 Å². The third kappa shape index (κ3) is 3.82. The molecule has 0 aromatic carbocycles. The number of nitrogens with one attached hydrogen (secondary N) is 1. The summed E-state index contributed by atoms with van der Waals surface area (Å²) in [4.78, 5) is 15.5. The minimum Gasteiger partial charge on any atom is -0.461 e. The van der Waals surface area contributed by atoms with E-state index in [0.717, 1.165) is 6.42 Å². The van der Waals surface area contributed by atoms with E-state index in [0.29, 0.717) is 12.6 Å². The summed E-state index contributed by atoms with van der Waals surface area (Å²) in [5.74, 6) is -0.468. The Morgan fingerprint density at radius 1 is 1.63 bits per heavy atom. The largest absolute Gasteiger partial charge is 0.461 e. The molecule has 1 atom stereocenters. The molecule has 0 aliphatic carbocycles. The van der Waals surface area contributed by atoms with E-state index in [9.17, 15) is 4.79 Å². The first-order valence-corrected chi connectivity index (χ1v) is 7.03. The number of thiophene rings is 1. The van der Waals surface area contributed by atoms with Gasteiger partial charge >= 0.3 is 5.97 Å². The highest BCUT2D eigenvalue weighted by atomic mass is 32.1. The molecule has 0 aliphatic rings. The third-order valence-corrected chi connectivity index (χ3v) is 3.21. The monoisotopic (exact) mass is 280 g/mol. The van der Waals surface area contributed by atoms with Crippen molar-refractivity contribution in [1.82, 2.24) is 4.98 Å². The summed E-state index contributed by atoms with van der Waals surface area (Å²) in [7, 11) is 0. The highest BCUT2D eigenvalue weighted by Gasteiger charge is 2.14. The van der Waals surface area contributed by atoms with Crippen molar-refractivity contribution in [2.75, 3.05) is 11.9 Å². The van der Waals surface area contributed by atoms with Crippen LogP contribution in [0, 0.1) is 0 Å². The van der Waals surface area contributed by atoms with Crippen LogP contribution in [0.2, 0.25) is 0 Å². The molecule has 0 spiro atoms. The fourth-order valence-corrected chi connectivity index (χ4v) is 2.34. The zero-order valence-electron chi connectivity index (χ0n) is 10.9.